The van der Waals surface area contributed by atoms with Crippen molar-refractivity contribution in [3.8, 4) is 0 Å². The average Bonchev–Trinajstić information content (AvgIpc) is 2.46. The number of carboxylic acid groups (broad SMARTS) is 1. The molecule has 0 aromatic heterocycles. The van der Waals surface area contributed by atoms with Gasteiger partial charge < -0.3 is 15.2 Å². The van der Waals surface area contributed by atoms with Crippen molar-refractivity contribution in [2.75, 3.05) is 6.61 Å². The number of rotatable bonds is 7. The van der Waals surface area contributed by atoms with Crippen LogP contribution >= 0.6 is 0 Å². The second-order valence-electron chi connectivity index (χ2n) is 4.90. The van der Waals surface area contributed by atoms with Gasteiger partial charge >= 0.3 is 11.9 Å². The van der Waals surface area contributed by atoms with Gasteiger partial charge in [0.05, 0.1) is 13.0 Å². The Morgan fingerprint density at radius 3 is 2.43 bits per heavy atom. The summed E-state index contributed by atoms with van der Waals surface area (Å²) in [7, 11) is 0. The Labute approximate surface area is 131 Å². The molecule has 0 saturated carbocycles. The third-order valence-corrected chi connectivity index (χ3v) is 3.10. The molecule has 1 amide bonds. The van der Waals surface area contributed by atoms with E-state index in [1.807, 2.05) is 0 Å². The van der Waals surface area contributed by atoms with Crippen molar-refractivity contribution in [1.29, 1.82) is 0 Å². The molecule has 0 aliphatic carbocycles. The predicted molar refractivity (Wildman–Crippen MR) is 75.7 cm³/mol. The quantitative estimate of drug-likeness (QED) is 0.743. The lowest BCUT2D eigenvalue weighted by Crippen LogP contribution is -2.45. The molecule has 0 radical (unpaired) electrons. The molecular weight excluding hydrogens is 312 g/mol. The summed E-state index contributed by atoms with van der Waals surface area (Å²) in [4.78, 5) is 34.6. The molecule has 2 N–H and O–H groups in total. The third kappa shape index (κ3) is 5.32. The molecule has 0 spiro atoms. The fraction of sp³-hybridized carbons (Fsp3) is 0.400. The van der Waals surface area contributed by atoms with Crippen molar-refractivity contribution in [3.05, 3.63) is 35.4 Å². The lowest BCUT2D eigenvalue weighted by molar-refractivity contribution is -0.145. The van der Waals surface area contributed by atoms with Gasteiger partial charge in [0.1, 0.15) is 6.04 Å². The number of halogens is 2. The molecule has 1 aromatic rings. The zero-order valence-electron chi connectivity index (χ0n) is 12.6. The average molecular weight is 329 g/mol. The summed E-state index contributed by atoms with van der Waals surface area (Å²) in [6, 6.07) is 1.09. The summed E-state index contributed by atoms with van der Waals surface area (Å²) < 4.78 is 30.7. The van der Waals surface area contributed by atoms with Gasteiger partial charge in [-0.15, -0.1) is 0 Å². The van der Waals surface area contributed by atoms with Crippen molar-refractivity contribution < 1.29 is 33.0 Å². The van der Waals surface area contributed by atoms with Gasteiger partial charge in [-0.2, -0.15) is 0 Å². The van der Waals surface area contributed by atoms with Gasteiger partial charge in [-0.3, -0.25) is 9.59 Å². The van der Waals surface area contributed by atoms with Gasteiger partial charge in [0, 0.05) is 5.56 Å². The fourth-order valence-electron chi connectivity index (χ4n) is 1.91. The smallest absolute Gasteiger partial charge is 0.326 e. The van der Waals surface area contributed by atoms with Crippen LogP contribution in [0.2, 0.25) is 0 Å². The van der Waals surface area contributed by atoms with Crippen LogP contribution in [0, 0.1) is 17.6 Å². The highest BCUT2D eigenvalue weighted by atomic mass is 19.2. The molecule has 0 heterocycles. The minimum absolute atomic E-state index is 0.157. The summed E-state index contributed by atoms with van der Waals surface area (Å²) in [5.41, 5.74) is -0.224. The van der Waals surface area contributed by atoms with Crippen molar-refractivity contribution in [3.63, 3.8) is 0 Å². The molecule has 23 heavy (non-hydrogen) atoms. The highest BCUT2D eigenvalue weighted by molar-refractivity contribution is 5.96. The van der Waals surface area contributed by atoms with Crippen LogP contribution in [0.3, 0.4) is 0 Å². The lowest BCUT2D eigenvalue weighted by Gasteiger charge is -2.20. The van der Waals surface area contributed by atoms with E-state index in [9.17, 15) is 28.3 Å². The molecule has 1 aromatic carbocycles. The minimum atomic E-state index is -1.37. The van der Waals surface area contributed by atoms with Crippen molar-refractivity contribution in [2.45, 2.75) is 26.3 Å². The second kappa shape index (κ2) is 8.21. The molecule has 0 fully saturated rings. The van der Waals surface area contributed by atoms with E-state index in [-0.39, 0.29) is 18.6 Å². The maximum atomic E-state index is 13.1. The van der Waals surface area contributed by atoms with Gasteiger partial charge in [-0.05, 0) is 31.0 Å². The van der Waals surface area contributed by atoms with Gasteiger partial charge in [0.15, 0.2) is 11.6 Å². The van der Waals surface area contributed by atoms with E-state index in [0.29, 0.717) is 6.07 Å². The number of ether oxygens (including phenoxy) is 1. The first-order valence-electron chi connectivity index (χ1n) is 6.90. The number of hydrogen-bond acceptors (Lipinski definition) is 4. The summed E-state index contributed by atoms with van der Waals surface area (Å²) in [5, 5.41) is 11.4. The number of benzene rings is 1. The Kier molecular flexibility index (Phi) is 6.62. The van der Waals surface area contributed by atoms with E-state index in [0.717, 1.165) is 12.1 Å². The van der Waals surface area contributed by atoms with E-state index in [2.05, 4.69) is 5.32 Å². The number of carboxylic acids is 1. The highest BCUT2D eigenvalue weighted by Crippen LogP contribution is 2.13. The summed E-state index contributed by atoms with van der Waals surface area (Å²) in [6.45, 7) is 3.23. The highest BCUT2D eigenvalue weighted by Gasteiger charge is 2.29. The van der Waals surface area contributed by atoms with E-state index < -0.39 is 41.4 Å². The lowest BCUT2D eigenvalue weighted by atomic mass is 9.98. The zero-order chi connectivity index (χ0) is 17.6. The van der Waals surface area contributed by atoms with Gasteiger partial charge in [-0.1, -0.05) is 6.92 Å². The van der Waals surface area contributed by atoms with Crippen LogP contribution in [0.15, 0.2) is 18.2 Å². The molecule has 8 heteroatoms. The first-order valence-corrected chi connectivity index (χ1v) is 6.90. The topological polar surface area (TPSA) is 92.7 Å². The second-order valence-corrected chi connectivity index (χ2v) is 4.90. The Balaban J connectivity index is 2.82. The zero-order valence-corrected chi connectivity index (χ0v) is 12.6. The Bertz CT molecular complexity index is 606. The van der Waals surface area contributed by atoms with E-state index in [1.54, 1.807) is 6.92 Å². The van der Waals surface area contributed by atoms with Crippen LogP contribution < -0.4 is 5.32 Å². The maximum Gasteiger partial charge on any atom is 0.326 e. The Morgan fingerprint density at radius 2 is 1.91 bits per heavy atom. The minimum Gasteiger partial charge on any atom is -0.480 e. The molecule has 2 atom stereocenters. The molecule has 6 nitrogen and oxygen atoms in total. The number of esters is 1. The van der Waals surface area contributed by atoms with Crippen molar-refractivity contribution in [2.24, 2.45) is 5.92 Å². The van der Waals surface area contributed by atoms with Gasteiger partial charge in [0.2, 0.25) is 0 Å². The van der Waals surface area contributed by atoms with E-state index in [4.69, 9.17) is 4.74 Å². The van der Waals surface area contributed by atoms with Crippen LogP contribution in [0.5, 0.6) is 0 Å². The number of aliphatic carboxylic acids is 1. The van der Waals surface area contributed by atoms with E-state index >= 15 is 0 Å². The Morgan fingerprint density at radius 1 is 1.26 bits per heavy atom. The number of hydrogen-bond donors (Lipinski definition) is 2. The summed E-state index contributed by atoms with van der Waals surface area (Å²) in [6.07, 6.45) is -0.205. The first kappa shape index (κ1) is 18.5. The van der Waals surface area contributed by atoms with Gasteiger partial charge in [-0.25, -0.2) is 13.6 Å². The SMILES string of the molecule is CCOC(=O)C[C@H](C)[C@@H](NC(=O)c1ccc(F)c(F)c1)C(=O)O. The van der Waals surface area contributed by atoms with E-state index in [1.165, 1.54) is 6.92 Å². The third-order valence-electron chi connectivity index (χ3n) is 3.10. The monoisotopic (exact) mass is 329 g/mol. The van der Waals surface area contributed by atoms with Crippen LogP contribution in [-0.2, 0) is 14.3 Å². The van der Waals surface area contributed by atoms with Gasteiger partial charge in [0.25, 0.3) is 5.91 Å². The molecule has 0 unspecified atom stereocenters. The van der Waals surface area contributed by atoms with Crippen molar-refractivity contribution in [1.82, 2.24) is 5.32 Å². The van der Waals surface area contributed by atoms with Crippen LogP contribution in [0.4, 0.5) is 8.78 Å². The number of nitrogens with one attached hydrogen (secondary N) is 1. The van der Waals surface area contributed by atoms with Crippen LogP contribution in [-0.4, -0.2) is 35.6 Å². The molecule has 0 saturated heterocycles. The standard InChI is InChI=1S/C15H17F2NO5/c1-3-23-12(19)6-8(2)13(15(21)22)18-14(20)9-4-5-10(16)11(17)7-9/h4-5,7-8,13H,3,6H2,1-2H3,(H,18,20)(H,21,22)/t8-,13+/m0/s1. The van der Waals surface area contributed by atoms with Crippen molar-refractivity contribution >= 4 is 17.8 Å². The Hall–Kier alpha value is -2.51. The molecule has 0 aliphatic heterocycles. The number of carbonyl (C=O) groups is 3. The maximum absolute atomic E-state index is 13.1. The van der Waals surface area contributed by atoms with Crippen LogP contribution in [0.25, 0.3) is 0 Å². The summed E-state index contributed by atoms with van der Waals surface area (Å²) >= 11 is 0. The largest absolute Gasteiger partial charge is 0.480 e. The summed E-state index contributed by atoms with van der Waals surface area (Å²) in [5.74, 6) is -5.91. The molecule has 1 rings (SSSR count). The first-order chi connectivity index (χ1) is 10.8. The molecule has 126 valence electrons. The van der Waals surface area contributed by atoms with Crippen LogP contribution in [0.1, 0.15) is 30.6 Å². The molecular formula is C15H17F2NO5. The normalized spacial score (nSPS) is 13.0. The predicted octanol–water partition coefficient (Wildman–Crippen LogP) is 1.74. The fourth-order valence-corrected chi connectivity index (χ4v) is 1.91. The number of amides is 1. The number of carbonyl (C=O) groups excluding carboxylic acids is 2. The molecule has 0 aliphatic rings. The molecule has 0 bridgehead atoms.